The van der Waals surface area contributed by atoms with Crippen LogP contribution in [0.3, 0.4) is 0 Å². The molecule has 0 aliphatic rings. The first-order chi connectivity index (χ1) is 10.2. The van der Waals surface area contributed by atoms with E-state index in [9.17, 15) is 5.11 Å². The summed E-state index contributed by atoms with van der Waals surface area (Å²) >= 11 is 0. The maximum Gasteiger partial charge on any atom is 0.0641 e. The Bertz CT molecular complexity index is 563. The largest absolute Gasteiger partial charge is 0.395 e. The number of benzene rings is 1. The lowest BCUT2D eigenvalue weighted by atomic mass is 10.1. The number of hydrogen-bond acceptors (Lipinski definition) is 3. The zero-order chi connectivity index (χ0) is 15.2. The zero-order valence-corrected chi connectivity index (χ0v) is 13.2. The summed E-state index contributed by atoms with van der Waals surface area (Å²) in [6.45, 7) is 9.71. The smallest absolute Gasteiger partial charge is 0.0641 e. The molecule has 0 saturated carbocycles. The highest BCUT2D eigenvalue weighted by atomic mass is 16.3. The molecule has 0 aliphatic heterocycles. The van der Waals surface area contributed by atoms with Crippen molar-refractivity contribution in [2.45, 2.75) is 40.4 Å². The van der Waals surface area contributed by atoms with Crippen LogP contribution in [0.25, 0.3) is 0 Å². The van der Waals surface area contributed by atoms with Crippen molar-refractivity contribution in [2.75, 3.05) is 13.2 Å². The Morgan fingerprint density at radius 3 is 2.43 bits per heavy atom. The standard InChI is InChI=1S/C17H25N3O/c1-4-20-15(3)17(14(2)18-20)13-19(10-11-21)12-16-8-6-5-7-9-16/h5-9,21H,4,10-13H2,1-3H3. The van der Waals surface area contributed by atoms with Crippen molar-refractivity contribution >= 4 is 0 Å². The molecule has 1 aromatic heterocycles. The average molecular weight is 287 g/mol. The lowest BCUT2D eigenvalue weighted by Crippen LogP contribution is -2.26. The third-order valence-corrected chi connectivity index (χ3v) is 3.88. The van der Waals surface area contributed by atoms with E-state index in [4.69, 9.17) is 0 Å². The van der Waals surface area contributed by atoms with Crippen molar-refractivity contribution in [1.29, 1.82) is 0 Å². The van der Waals surface area contributed by atoms with Gasteiger partial charge in [0.2, 0.25) is 0 Å². The van der Waals surface area contributed by atoms with E-state index in [0.29, 0.717) is 6.54 Å². The van der Waals surface area contributed by atoms with Gasteiger partial charge in [0.25, 0.3) is 0 Å². The van der Waals surface area contributed by atoms with Crippen LogP contribution >= 0.6 is 0 Å². The second-order valence-electron chi connectivity index (χ2n) is 5.38. The molecule has 2 rings (SSSR count). The summed E-state index contributed by atoms with van der Waals surface area (Å²) in [5, 5.41) is 13.9. The van der Waals surface area contributed by atoms with Gasteiger partial charge in [-0.1, -0.05) is 30.3 Å². The van der Waals surface area contributed by atoms with Crippen molar-refractivity contribution in [2.24, 2.45) is 0 Å². The third kappa shape index (κ3) is 3.93. The van der Waals surface area contributed by atoms with Crippen LogP contribution in [-0.2, 0) is 19.6 Å². The second-order valence-corrected chi connectivity index (χ2v) is 5.38. The minimum absolute atomic E-state index is 0.173. The summed E-state index contributed by atoms with van der Waals surface area (Å²) < 4.78 is 2.05. The van der Waals surface area contributed by atoms with Crippen LogP contribution in [0.2, 0.25) is 0 Å². The van der Waals surface area contributed by atoms with Gasteiger partial charge in [0.1, 0.15) is 0 Å². The SMILES string of the molecule is CCn1nc(C)c(CN(CCO)Cc2ccccc2)c1C. The van der Waals surface area contributed by atoms with E-state index in [1.54, 1.807) is 0 Å². The Balaban J connectivity index is 2.14. The van der Waals surface area contributed by atoms with E-state index < -0.39 is 0 Å². The van der Waals surface area contributed by atoms with Crippen LogP contribution in [0.1, 0.15) is 29.4 Å². The molecule has 4 nitrogen and oxygen atoms in total. The minimum atomic E-state index is 0.173. The lowest BCUT2D eigenvalue weighted by Gasteiger charge is -2.21. The molecule has 1 heterocycles. The summed E-state index contributed by atoms with van der Waals surface area (Å²) in [5.74, 6) is 0. The van der Waals surface area contributed by atoms with Crippen LogP contribution in [0, 0.1) is 13.8 Å². The van der Waals surface area contributed by atoms with Crippen LogP contribution < -0.4 is 0 Å². The molecule has 0 amide bonds. The Kier molecular flexibility index (Phi) is 5.53. The van der Waals surface area contributed by atoms with Gasteiger partial charge in [-0.05, 0) is 26.3 Å². The monoisotopic (exact) mass is 287 g/mol. The Hall–Kier alpha value is -1.65. The Morgan fingerprint density at radius 1 is 1.14 bits per heavy atom. The molecule has 0 fully saturated rings. The number of hydrogen-bond donors (Lipinski definition) is 1. The first-order valence-corrected chi connectivity index (χ1v) is 7.55. The highest BCUT2D eigenvalue weighted by Gasteiger charge is 2.14. The molecule has 4 heteroatoms. The number of rotatable bonds is 7. The number of aryl methyl sites for hydroxylation is 2. The fourth-order valence-corrected chi connectivity index (χ4v) is 2.69. The predicted octanol–water partition coefficient (Wildman–Crippen LogP) is 2.51. The van der Waals surface area contributed by atoms with Gasteiger partial charge in [0.15, 0.2) is 0 Å². The summed E-state index contributed by atoms with van der Waals surface area (Å²) in [6, 6.07) is 10.4. The van der Waals surface area contributed by atoms with Crippen molar-refractivity contribution in [1.82, 2.24) is 14.7 Å². The quantitative estimate of drug-likeness (QED) is 0.851. The zero-order valence-electron chi connectivity index (χ0n) is 13.2. The summed E-state index contributed by atoms with van der Waals surface area (Å²) in [5.41, 5.74) is 4.86. The summed E-state index contributed by atoms with van der Waals surface area (Å²) in [7, 11) is 0. The van der Waals surface area contributed by atoms with E-state index in [0.717, 1.165) is 25.3 Å². The molecule has 0 saturated heterocycles. The van der Waals surface area contributed by atoms with Gasteiger partial charge in [-0.3, -0.25) is 9.58 Å². The summed E-state index contributed by atoms with van der Waals surface area (Å²) in [6.07, 6.45) is 0. The van der Waals surface area contributed by atoms with Crippen molar-refractivity contribution in [3.63, 3.8) is 0 Å². The molecule has 0 unspecified atom stereocenters. The lowest BCUT2D eigenvalue weighted by molar-refractivity contribution is 0.184. The van der Waals surface area contributed by atoms with Crippen molar-refractivity contribution in [3.8, 4) is 0 Å². The maximum atomic E-state index is 9.32. The fourth-order valence-electron chi connectivity index (χ4n) is 2.69. The Morgan fingerprint density at radius 2 is 1.86 bits per heavy atom. The van der Waals surface area contributed by atoms with Crippen LogP contribution in [0.5, 0.6) is 0 Å². The summed E-state index contributed by atoms with van der Waals surface area (Å²) in [4.78, 5) is 2.27. The van der Waals surface area contributed by atoms with E-state index in [1.165, 1.54) is 16.8 Å². The Labute approximate surface area is 127 Å². The molecule has 114 valence electrons. The highest BCUT2D eigenvalue weighted by molar-refractivity contribution is 5.24. The van der Waals surface area contributed by atoms with Gasteiger partial charge >= 0.3 is 0 Å². The molecule has 1 aromatic carbocycles. The molecule has 0 spiro atoms. The number of nitrogens with zero attached hydrogens (tertiary/aromatic N) is 3. The maximum absolute atomic E-state index is 9.32. The molecule has 2 aromatic rings. The first-order valence-electron chi connectivity index (χ1n) is 7.55. The minimum Gasteiger partial charge on any atom is -0.395 e. The molecule has 1 N–H and O–H groups in total. The van der Waals surface area contributed by atoms with Crippen LogP contribution in [0.4, 0.5) is 0 Å². The number of aliphatic hydroxyl groups excluding tert-OH is 1. The molecular formula is C17H25N3O. The molecule has 0 atom stereocenters. The second kappa shape index (κ2) is 7.38. The van der Waals surface area contributed by atoms with E-state index >= 15 is 0 Å². The normalized spacial score (nSPS) is 11.3. The highest BCUT2D eigenvalue weighted by Crippen LogP contribution is 2.17. The van der Waals surface area contributed by atoms with Crippen molar-refractivity contribution in [3.05, 3.63) is 52.8 Å². The van der Waals surface area contributed by atoms with Gasteiger partial charge < -0.3 is 5.11 Å². The topological polar surface area (TPSA) is 41.3 Å². The third-order valence-electron chi connectivity index (χ3n) is 3.88. The predicted molar refractivity (Wildman–Crippen MR) is 85.0 cm³/mol. The molecule has 0 aliphatic carbocycles. The van der Waals surface area contributed by atoms with Crippen LogP contribution in [-0.4, -0.2) is 32.9 Å². The molecule has 0 radical (unpaired) electrons. The van der Waals surface area contributed by atoms with Gasteiger partial charge in [0, 0.05) is 37.4 Å². The number of aliphatic hydroxyl groups is 1. The van der Waals surface area contributed by atoms with Crippen molar-refractivity contribution < 1.29 is 5.11 Å². The first kappa shape index (κ1) is 15.7. The number of aromatic nitrogens is 2. The fraction of sp³-hybridized carbons (Fsp3) is 0.471. The van der Waals surface area contributed by atoms with Crippen LogP contribution in [0.15, 0.2) is 30.3 Å². The molecular weight excluding hydrogens is 262 g/mol. The van der Waals surface area contributed by atoms with Gasteiger partial charge in [-0.2, -0.15) is 5.10 Å². The van der Waals surface area contributed by atoms with Gasteiger partial charge in [-0.25, -0.2) is 0 Å². The van der Waals surface area contributed by atoms with E-state index in [1.807, 2.05) is 10.7 Å². The molecule has 21 heavy (non-hydrogen) atoms. The van der Waals surface area contributed by atoms with E-state index in [-0.39, 0.29) is 6.61 Å². The van der Waals surface area contributed by atoms with Gasteiger partial charge in [0.05, 0.1) is 12.3 Å². The average Bonchev–Trinajstić information content (AvgIpc) is 2.76. The van der Waals surface area contributed by atoms with Gasteiger partial charge in [-0.15, -0.1) is 0 Å². The molecule has 0 bridgehead atoms. The van der Waals surface area contributed by atoms with E-state index in [2.05, 4.69) is 55.0 Å².